The zero-order valence-corrected chi connectivity index (χ0v) is 6.97. The smallest absolute Gasteiger partial charge is 0.270 e. The summed E-state index contributed by atoms with van der Waals surface area (Å²) in [7, 11) is 1.50. The Morgan fingerprint density at radius 2 is 1.67 bits per heavy atom. The molecule has 0 unspecified atom stereocenters. The SMILES string of the molecule is COc1ccc(C(C)(F)F)cc1. The number of methoxy groups -OCH3 is 1. The third-order valence-electron chi connectivity index (χ3n) is 1.60. The lowest BCUT2D eigenvalue weighted by Crippen LogP contribution is -2.06. The topological polar surface area (TPSA) is 9.23 Å². The van der Waals surface area contributed by atoms with Gasteiger partial charge in [-0.25, -0.2) is 8.78 Å². The fourth-order valence-corrected chi connectivity index (χ4v) is 0.884. The molecule has 1 aromatic carbocycles. The number of hydrogen-bond acceptors (Lipinski definition) is 1. The van der Waals surface area contributed by atoms with Crippen LogP contribution in [0.25, 0.3) is 0 Å². The second-order valence-electron chi connectivity index (χ2n) is 2.62. The first-order chi connectivity index (χ1) is 5.54. The minimum Gasteiger partial charge on any atom is -0.497 e. The predicted molar refractivity (Wildman–Crippen MR) is 42.6 cm³/mol. The van der Waals surface area contributed by atoms with Crippen molar-refractivity contribution in [2.75, 3.05) is 7.11 Å². The summed E-state index contributed by atoms with van der Waals surface area (Å²) >= 11 is 0. The highest BCUT2D eigenvalue weighted by Crippen LogP contribution is 2.27. The lowest BCUT2D eigenvalue weighted by Gasteiger charge is -2.10. The van der Waals surface area contributed by atoms with E-state index in [1.807, 2.05) is 0 Å². The van der Waals surface area contributed by atoms with Crippen molar-refractivity contribution in [3.05, 3.63) is 29.8 Å². The summed E-state index contributed by atoms with van der Waals surface area (Å²) in [4.78, 5) is 0. The van der Waals surface area contributed by atoms with E-state index in [2.05, 4.69) is 0 Å². The van der Waals surface area contributed by atoms with Gasteiger partial charge >= 0.3 is 0 Å². The molecule has 1 rings (SSSR count). The van der Waals surface area contributed by atoms with Crippen molar-refractivity contribution in [2.45, 2.75) is 12.8 Å². The van der Waals surface area contributed by atoms with E-state index >= 15 is 0 Å². The molecular formula is C9H10F2O. The molecule has 0 aliphatic heterocycles. The van der Waals surface area contributed by atoms with Gasteiger partial charge in [0, 0.05) is 12.5 Å². The Morgan fingerprint density at radius 1 is 1.17 bits per heavy atom. The Kier molecular flexibility index (Phi) is 2.31. The number of alkyl halides is 2. The van der Waals surface area contributed by atoms with Gasteiger partial charge in [-0.05, 0) is 24.3 Å². The lowest BCUT2D eigenvalue weighted by atomic mass is 10.1. The van der Waals surface area contributed by atoms with E-state index in [1.165, 1.54) is 31.4 Å². The van der Waals surface area contributed by atoms with E-state index in [-0.39, 0.29) is 5.56 Å². The highest BCUT2D eigenvalue weighted by atomic mass is 19.3. The van der Waals surface area contributed by atoms with Gasteiger partial charge in [0.05, 0.1) is 7.11 Å². The highest BCUT2D eigenvalue weighted by molar-refractivity contribution is 5.29. The van der Waals surface area contributed by atoms with E-state index in [4.69, 9.17) is 4.74 Å². The summed E-state index contributed by atoms with van der Waals surface area (Å²) in [5.74, 6) is -2.19. The monoisotopic (exact) mass is 172 g/mol. The third-order valence-corrected chi connectivity index (χ3v) is 1.60. The molecule has 0 atom stereocenters. The molecule has 0 N–H and O–H groups in total. The van der Waals surface area contributed by atoms with Crippen molar-refractivity contribution >= 4 is 0 Å². The van der Waals surface area contributed by atoms with Crippen LogP contribution in [0.4, 0.5) is 8.78 Å². The second kappa shape index (κ2) is 3.09. The van der Waals surface area contributed by atoms with Crippen LogP contribution >= 0.6 is 0 Å². The zero-order valence-electron chi connectivity index (χ0n) is 6.97. The molecule has 0 aliphatic carbocycles. The third kappa shape index (κ3) is 1.94. The molecule has 0 radical (unpaired) electrons. The lowest BCUT2D eigenvalue weighted by molar-refractivity contribution is 0.0174. The summed E-state index contributed by atoms with van der Waals surface area (Å²) in [6, 6.07) is 5.76. The van der Waals surface area contributed by atoms with E-state index in [9.17, 15) is 8.78 Å². The molecule has 3 heteroatoms. The fourth-order valence-electron chi connectivity index (χ4n) is 0.884. The highest BCUT2D eigenvalue weighted by Gasteiger charge is 2.23. The van der Waals surface area contributed by atoms with Gasteiger partial charge in [-0.3, -0.25) is 0 Å². The van der Waals surface area contributed by atoms with Crippen molar-refractivity contribution in [2.24, 2.45) is 0 Å². The normalized spacial score (nSPS) is 11.3. The number of hydrogen-bond donors (Lipinski definition) is 0. The van der Waals surface area contributed by atoms with Crippen LogP contribution in [0.5, 0.6) is 5.75 Å². The molecule has 1 aromatic rings. The Bertz CT molecular complexity index is 248. The second-order valence-corrected chi connectivity index (χ2v) is 2.62. The molecule has 1 nitrogen and oxygen atoms in total. The van der Waals surface area contributed by atoms with E-state index in [1.54, 1.807) is 0 Å². The molecule has 0 aromatic heterocycles. The number of benzene rings is 1. The van der Waals surface area contributed by atoms with Crippen LogP contribution in [0.1, 0.15) is 12.5 Å². The summed E-state index contributed by atoms with van der Waals surface area (Å²) < 4.78 is 30.1. The summed E-state index contributed by atoms with van der Waals surface area (Å²) in [5.41, 5.74) is 0.00306. The van der Waals surface area contributed by atoms with E-state index in [0.717, 1.165) is 6.92 Å². The average Bonchev–Trinajstić information content (AvgIpc) is 2.03. The summed E-state index contributed by atoms with van der Waals surface area (Å²) in [5, 5.41) is 0. The molecule has 0 saturated heterocycles. The molecule has 12 heavy (non-hydrogen) atoms. The van der Waals surface area contributed by atoms with Gasteiger partial charge in [-0.1, -0.05) is 0 Å². The molecule has 0 aliphatic rings. The van der Waals surface area contributed by atoms with E-state index < -0.39 is 5.92 Å². The van der Waals surface area contributed by atoms with E-state index in [0.29, 0.717) is 5.75 Å². The molecule has 0 saturated carbocycles. The average molecular weight is 172 g/mol. The van der Waals surface area contributed by atoms with Crippen LogP contribution in [0.2, 0.25) is 0 Å². The summed E-state index contributed by atoms with van der Waals surface area (Å²) in [6.07, 6.45) is 0. The van der Waals surface area contributed by atoms with Gasteiger partial charge in [-0.2, -0.15) is 0 Å². The maximum absolute atomic E-state index is 12.6. The van der Waals surface area contributed by atoms with Crippen molar-refractivity contribution < 1.29 is 13.5 Å². The predicted octanol–water partition coefficient (Wildman–Crippen LogP) is 2.81. The minimum absolute atomic E-state index is 0.00306. The molecular weight excluding hydrogens is 162 g/mol. The molecule has 0 amide bonds. The van der Waals surface area contributed by atoms with Crippen LogP contribution in [0, 0.1) is 0 Å². The van der Waals surface area contributed by atoms with Crippen LogP contribution in [-0.4, -0.2) is 7.11 Å². The Hall–Kier alpha value is -1.12. The standard InChI is InChI=1S/C9H10F2O/c1-9(10,11)7-3-5-8(12-2)6-4-7/h3-6H,1-2H3. The number of rotatable bonds is 2. The van der Waals surface area contributed by atoms with Crippen LogP contribution in [0.15, 0.2) is 24.3 Å². The van der Waals surface area contributed by atoms with Crippen molar-refractivity contribution in [3.8, 4) is 5.75 Å². The molecule has 0 bridgehead atoms. The van der Waals surface area contributed by atoms with Gasteiger partial charge < -0.3 is 4.74 Å². The van der Waals surface area contributed by atoms with Crippen LogP contribution in [-0.2, 0) is 5.92 Å². The van der Waals surface area contributed by atoms with Gasteiger partial charge in [-0.15, -0.1) is 0 Å². The van der Waals surface area contributed by atoms with Gasteiger partial charge in [0.25, 0.3) is 5.92 Å². The van der Waals surface area contributed by atoms with Crippen molar-refractivity contribution in [3.63, 3.8) is 0 Å². The minimum atomic E-state index is -2.77. The molecule has 66 valence electrons. The maximum atomic E-state index is 12.6. The zero-order chi connectivity index (χ0) is 9.19. The van der Waals surface area contributed by atoms with Gasteiger partial charge in [0.1, 0.15) is 5.75 Å². The summed E-state index contributed by atoms with van der Waals surface area (Å²) in [6.45, 7) is 0.870. The van der Waals surface area contributed by atoms with Crippen molar-refractivity contribution in [1.29, 1.82) is 0 Å². The fraction of sp³-hybridized carbons (Fsp3) is 0.333. The van der Waals surface area contributed by atoms with Gasteiger partial charge in [0.15, 0.2) is 0 Å². The Labute approximate surface area is 70.0 Å². The first-order valence-electron chi connectivity index (χ1n) is 3.56. The largest absolute Gasteiger partial charge is 0.497 e. The first kappa shape index (κ1) is 8.97. The molecule has 0 heterocycles. The first-order valence-corrected chi connectivity index (χ1v) is 3.56. The van der Waals surface area contributed by atoms with Crippen molar-refractivity contribution in [1.82, 2.24) is 0 Å². The number of ether oxygens (including phenoxy) is 1. The van der Waals surface area contributed by atoms with Gasteiger partial charge in [0.2, 0.25) is 0 Å². The Morgan fingerprint density at radius 3 is 2.00 bits per heavy atom. The quantitative estimate of drug-likeness (QED) is 0.666. The number of halogens is 2. The van der Waals surface area contributed by atoms with Crippen LogP contribution in [0.3, 0.4) is 0 Å². The van der Waals surface area contributed by atoms with Crippen LogP contribution < -0.4 is 4.74 Å². The maximum Gasteiger partial charge on any atom is 0.270 e. The Balaban J connectivity index is 2.93. The molecule has 0 spiro atoms. The molecule has 0 fully saturated rings.